The fourth-order valence-electron chi connectivity index (χ4n) is 2.89. The number of alkyl halides is 1. The summed E-state index contributed by atoms with van der Waals surface area (Å²) in [5.41, 5.74) is 2.15. The Hall–Kier alpha value is -0.250. The normalized spacial score (nSPS) is 20.9. The third kappa shape index (κ3) is 3.65. The average molecular weight is 304 g/mol. The SMILES string of the molecule is CCc1nn(C)c(CN2CCCC(CCCl)C2)c1Cl. The van der Waals surface area contributed by atoms with Crippen LogP contribution in [0, 0.1) is 5.92 Å². The average Bonchev–Trinajstić information content (AvgIpc) is 2.67. The van der Waals surface area contributed by atoms with Gasteiger partial charge in [0.15, 0.2) is 0 Å². The third-order valence-electron chi connectivity index (χ3n) is 4.00. The molecule has 1 aliphatic rings. The topological polar surface area (TPSA) is 21.1 Å². The van der Waals surface area contributed by atoms with E-state index in [1.165, 1.54) is 12.8 Å². The monoisotopic (exact) mass is 303 g/mol. The standard InChI is InChI=1S/C14H23Cl2N3/c1-3-12-14(16)13(18(2)17-12)10-19-8-4-5-11(9-19)6-7-15/h11H,3-10H2,1-2H3. The van der Waals surface area contributed by atoms with Crippen molar-refractivity contribution in [2.45, 2.75) is 39.2 Å². The molecule has 19 heavy (non-hydrogen) atoms. The molecule has 0 aliphatic carbocycles. The minimum Gasteiger partial charge on any atom is -0.297 e. The van der Waals surface area contributed by atoms with E-state index in [9.17, 15) is 0 Å². The summed E-state index contributed by atoms with van der Waals surface area (Å²) in [6, 6.07) is 0. The Morgan fingerprint density at radius 2 is 2.21 bits per heavy atom. The summed E-state index contributed by atoms with van der Waals surface area (Å²) in [5.74, 6) is 1.51. The highest BCUT2D eigenvalue weighted by Crippen LogP contribution is 2.26. The van der Waals surface area contributed by atoms with Crippen LogP contribution in [0.15, 0.2) is 0 Å². The second-order valence-electron chi connectivity index (χ2n) is 5.41. The zero-order valence-electron chi connectivity index (χ0n) is 11.8. The molecule has 1 saturated heterocycles. The van der Waals surface area contributed by atoms with Crippen LogP contribution in [0.2, 0.25) is 5.02 Å². The summed E-state index contributed by atoms with van der Waals surface area (Å²) < 4.78 is 1.94. The number of halogens is 2. The Morgan fingerprint density at radius 1 is 1.42 bits per heavy atom. The molecule has 1 fully saturated rings. The fourth-order valence-corrected chi connectivity index (χ4v) is 3.55. The summed E-state index contributed by atoms with van der Waals surface area (Å²) in [7, 11) is 1.99. The highest BCUT2D eigenvalue weighted by atomic mass is 35.5. The maximum Gasteiger partial charge on any atom is 0.0863 e. The number of likely N-dealkylation sites (tertiary alicyclic amines) is 1. The van der Waals surface area contributed by atoms with E-state index in [0.29, 0.717) is 0 Å². The van der Waals surface area contributed by atoms with Gasteiger partial charge >= 0.3 is 0 Å². The van der Waals surface area contributed by atoms with Gasteiger partial charge in [-0.25, -0.2) is 0 Å². The second kappa shape index (κ2) is 6.96. The van der Waals surface area contributed by atoms with E-state index in [1.54, 1.807) is 0 Å². The smallest absolute Gasteiger partial charge is 0.0863 e. The number of hydrogen-bond donors (Lipinski definition) is 0. The molecule has 1 aromatic heterocycles. The van der Waals surface area contributed by atoms with E-state index in [0.717, 1.165) is 60.7 Å². The predicted octanol–water partition coefficient (Wildman–Crippen LogP) is 3.48. The van der Waals surface area contributed by atoms with E-state index in [1.807, 2.05) is 11.7 Å². The van der Waals surface area contributed by atoms with Crippen molar-refractivity contribution < 1.29 is 0 Å². The molecule has 2 rings (SSSR count). The number of aromatic nitrogens is 2. The number of aryl methyl sites for hydroxylation is 2. The Labute approximate surface area is 125 Å². The molecule has 0 saturated carbocycles. The summed E-state index contributed by atoms with van der Waals surface area (Å²) in [4.78, 5) is 2.49. The number of piperidine rings is 1. The summed E-state index contributed by atoms with van der Waals surface area (Å²) in [6.45, 7) is 5.29. The van der Waals surface area contributed by atoms with Crippen LogP contribution in [0.4, 0.5) is 0 Å². The first-order valence-corrected chi connectivity index (χ1v) is 8.05. The molecular weight excluding hydrogens is 281 g/mol. The lowest BCUT2D eigenvalue weighted by molar-refractivity contribution is 0.162. The van der Waals surface area contributed by atoms with Gasteiger partial charge in [0.25, 0.3) is 0 Å². The van der Waals surface area contributed by atoms with E-state index in [4.69, 9.17) is 23.2 Å². The Balaban J connectivity index is 2.02. The van der Waals surface area contributed by atoms with Gasteiger partial charge in [-0.3, -0.25) is 9.58 Å². The van der Waals surface area contributed by atoms with Crippen LogP contribution >= 0.6 is 23.2 Å². The first-order valence-electron chi connectivity index (χ1n) is 7.14. The number of hydrogen-bond acceptors (Lipinski definition) is 2. The van der Waals surface area contributed by atoms with Crippen LogP contribution in [-0.2, 0) is 20.0 Å². The highest BCUT2D eigenvalue weighted by molar-refractivity contribution is 6.31. The molecule has 108 valence electrons. The predicted molar refractivity (Wildman–Crippen MR) is 80.9 cm³/mol. The zero-order valence-corrected chi connectivity index (χ0v) is 13.3. The van der Waals surface area contributed by atoms with Gasteiger partial charge in [-0.2, -0.15) is 5.10 Å². The minimum absolute atomic E-state index is 0.740. The molecule has 1 aromatic rings. The van der Waals surface area contributed by atoms with Gasteiger partial charge in [0.1, 0.15) is 0 Å². The van der Waals surface area contributed by atoms with Gasteiger partial charge in [-0.15, -0.1) is 11.6 Å². The Bertz CT molecular complexity index is 415. The van der Waals surface area contributed by atoms with Crippen molar-refractivity contribution in [3.8, 4) is 0 Å². The molecular formula is C14H23Cl2N3. The highest BCUT2D eigenvalue weighted by Gasteiger charge is 2.22. The van der Waals surface area contributed by atoms with Crippen molar-refractivity contribution in [1.29, 1.82) is 0 Å². The van der Waals surface area contributed by atoms with Gasteiger partial charge in [0.05, 0.1) is 16.4 Å². The number of nitrogens with zero attached hydrogens (tertiary/aromatic N) is 3. The molecule has 0 N–H and O–H groups in total. The van der Waals surface area contributed by atoms with Crippen molar-refractivity contribution in [2.24, 2.45) is 13.0 Å². The first kappa shape index (κ1) is 15.1. The van der Waals surface area contributed by atoms with Gasteiger partial charge < -0.3 is 0 Å². The summed E-state index contributed by atoms with van der Waals surface area (Å²) in [6.07, 6.45) is 4.58. The van der Waals surface area contributed by atoms with Crippen LogP contribution in [0.3, 0.4) is 0 Å². The maximum atomic E-state index is 6.42. The molecule has 0 radical (unpaired) electrons. The van der Waals surface area contributed by atoms with Crippen molar-refractivity contribution in [1.82, 2.24) is 14.7 Å². The van der Waals surface area contributed by atoms with Crippen molar-refractivity contribution in [3.05, 3.63) is 16.4 Å². The molecule has 5 heteroatoms. The maximum absolute atomic E-state index is 6.42. The lowest BCUT2D eigenvalue weighted by Crippen LogP contribution is -2.35. The van der Waals surface area contributed by atoms with Crippen molar-refractivity contribution in [2.75, 3.05) is 19.0 Å². The van der Waals surface area contributed by atoms with E-state index in [-0.39, 0.29) is 0 Å². The van der Waals surface area contributed by atoms with Crippen molar-refractivity contribution in [3.63, 3.8) is 0 Å². The fraction of sp³-hybridized carbons (Fsp3) is 0.786. The minimum atomic E-state index is 0.740. The van der Waals surface area contributed by atoms with Gasteiger partial charge in [0, 0.05) is 26.0 Å². The molecule has 0 bridgehead atoms. The van der Waals surface area contributed by atoms with E-state index in [2.05, 4.69) is 16.9 Å². The van der Waals surface area contributed by atoms with Crippen LogP contribution in [0.25, 0.3) is 0 Å². The third-order valence-corrected chi connectivity index (χ3v) is 4.65. The van der Waals surface area contributed by atoms with E-state index >= 15 is 0 Å². The summed E-state index contributed by atoms with van der Waals surface area (Å²) in [5, 5.41) is 5.34. The van der Waals surface area contributed by atoms with Gasteiger partial charge in [-0.1, -0.05) is 18.5 Å². The molecule has 0 amide bonds. The second-order valence-corrected chi connectivity index (χ2v) is 6.16. The van der Waals surface area contributed by atoms with Gasteiger partial charge in [-0.05, 0) is 38.1 Å². The zero-order chi connectivity index (χ0) is 13.8. The molecule has 1 unspecified atom stereocenters. The first-order chi connectivity index (χ1) is 9.15. The lowest BCUT2D eigenvalue weighted by Gasteiger charge is -2.32. The number of rotatable bonds is 5. The Morgan fingerprint density at radius 3 is 2.84 bits per heavy atom. The Kier molecular flexibility index (Phi) is 5.55. The molecule has 3 nitrogen and oxygen atoms in total. The largest absolute Gasteiger partial charge is 0.297 e. The van der Waals surface area contributed by atoms with Crippen LogP contribution in [0.1, 0.15) is 37.6 Å². The quantitative estimate of drug-likeness (QED) is 0.777. The molecule has 1 aliphatic heterocycles. The van der Waals surface area contributed by atoms with Gasteiger partial charge in [0.2, 0.25) is 0 Å². The summed E-state index contributed by atoms with van der Waals surface area (Å²) >= 11 is 12.3. The van der Waals surface area contributed by atoms with E-state index < -0.39 is 0 Å². The lowest BCUT2D eigenvalue weighted by atomic mass is 9.95. The van der Waals surface area contributed by atoms with Crippen molar-refractivity contribution >= 4 is 23.2 Å². The molecule has 1 atom stereocenters. The van der Waals surface area contributed by atoms with Crippen LogP contribution in [0.5, 0.6) is 0 Å². The molecule has 0 spiro atoms. The van der Waals surface area contributed by atoms with Crippen LogP contribution in [-0.4, -0.2) is 33.6 Å². The molecule has 0 aromatic carbocycles. The van der Waals surface area contributed by atoms with Crippen LogP contribution < -0.4 is 0 Å². The molecule has 2 heterocycles.